The first-order valence-corrected chi connectivity index (χ1v) is 25.6. The fourth-order valence-corrected chi connectivity index (χ4v) is 6.77. The third-order valence-corrected chi connectivity index (χ3v) is 10.7. The maximum absolute atomic E-state index is 12.8. The van der Waals surface area contributed by atoms with Crippen LogP contribution < -0.4 is 5.11 Å². The zero-order valence-electron chi connectivity index (χ0n) is 41.6. The van der Waals surface area contributed by atoms with Crippen molar-refractivity contribution in [3.63, 3.8) is 0 Å². The molecule has 0 heterocycles. The molecule has 368 valence electrons. The average Bonchev–Trinajstić information content (AvgIpc) is 3.26. The van der Waals surface area contributed by atoms with Crippen molar-refractivity contribution in [2.24, 2.45) is 0 Å². The van der Waals surface area contributed by atoms with Gasteiger partial charge >= 0.3 is 11.9 Å². The molecule has 0 amide bonds. The van der Waals surface area contributed by atoms with Gasteiger partial charge in [0.1, 0.15) is 13.2 Å². The highest BCUT2D eigenvalue weighted by atomic mass is 16.7. The molecule has 0 spiro atoms. The van der Waals surface area contributed by atoms with Gasteiger partial charge in [-0.2, -0.15) is 0 Å². The molecule has 0 saturated carbocycles. The smallest absolute Gasteiger partial charge is 0.306 e. The van der Waals surface area contributed by atoms with Crippen LogP contribution >= 0.6 is 0 Å². The van der Waals surface area contributed by atoms with Crippen LogP contribution in [0.25, 0.3) is 0 Å². The molecule has 2 unspecified atom stereocenters. The highest BCUT2D eigenvalue weighted by Gasteiger charge is 2.21. The lowest BCUT2D eigenvalue weighted by Crippen LogP contribution is -2.44. The third-order valence-electron chi connectivity index (χ3n) is 10.7. The maximum atomic E-state index is 12.8. The van der Waals surface area contributed by atoms with Crippen LogP contribution in [0.3, 0.4) is 0 Å². The Labute approximate surface area is 392 Å². The van der Waals surface area contributed by atoms with E-state index in [0.717, 1.165) is 70.6 Å². The molecule has 2 atom stereocenters. The summed E-state index contributed by atoms with van der Waals surface area (Å²) in [5.41, 5.74) is 0. The number of likely N-dealkylation sites (N-methyl/N-ethyl adjacent to an activating group) is 1. The molecule has 64 heavy (non-hydrogen) atoms. The second-order valence-electron chi connectivity index (χ2n) is 18.1. The van der Waals surface area contributed by atoms with Crippen LogP contribution in [0, 0.1) is 0 Å². The van der Waals surface area contributed by atoms with E-state index >= 15 is 0 Å². The molecule has 0 aromatic rings. The van der Waals surface area contributed by atoms with Gasteiger partial charge < -0.3 is 33.3 Å². The number of ether oxygens (including phenoxy) is 4. The molecule has 0 radical (unpaired) electrons. The topological polar surface area (TPSA) is 111 Å². The third kappa shape index (κ3) is 46.7. The number of carbonyl (C=O) groups excluding carboxylic acids is 3. The van der Waals surface area contributed by atoms with E-state index in [-0.39, 0.29) is 38.6 Å². The molecular weight excluding hydrogens is 803 g/mol. The molecule has 0 aliphatic carbocycles. The number of allylic oxidation sites excluding steroid dienone is 12. The van der Waals surface area contributed by atoms with Crippen molar-refractivity contribution in [3.05, 3.63) is 72.9 Å². The minimum Gasteiger partial charge on any atom is -0.545 e. The Hall–Kier alpha value is -3.27. The predicted octanol–water partition coefficient (Wildman–Crippen LogP) is 12.9. The van der Waals surface area contributed by atoms with E-state index < -0.39 is 24.3 Å². The van der Waals surface area contributed by atoms with Crippen molar-refractivity contribution in [1.29, 1.82) is 0 Å². The van der Waals surface area contributed by atoms with E-state index in [2.05, 4.69) is 86.8 Å². The van der Waals surface area contributed by atoms with Gasteiger partial charge in [0.15, 0.2) is 12.4 Å². The van der Waals surface area contributed by atoms with E-state index in [4.69, 9.17) is 18.9 Å². The predicted molar refractivity (Wildman–Crippen MR) is 265 cm³/mol. The highest BCUT2D eigenvalue weighted by Crippen LogP contribution is 2.15. The fourth-order valence-electron chi connectivity index (χ4n) is 6.77. The summed E-state index contributed by atoms with van der Waals surface area (Å²) >= 11 is 0. The minimum atomic E-state index is -1.63. The Morgan fingerprint density at radius 2 is 0.891 bits per heavy atom. The van der Waals surface area contributed by atoms with E-state index in [0.29, 0.717) is 17.4 Å². The number of esters is 2. The van der Waals surface area contributed by atoms with E-state index in [1.807, 2.05) is 21.1 Å². The van der Waals surface area contributed by atoms with Gasteiger partial charge in [0.2, 0.25) is 0 Å². The van der Waals surface area contributed by atoms with Gasteiger partial charge in [-0.15, -0.1) is 0 Å². The van der Waals surface area contributed by atoms with Gasteiger partial charge in [0, 0.05) is 12.8 Å². The number of hydrogen-bond acceptors (Lipinski definition) is 8. The first kappa shape index (κ1) is 60.7. The molecular formula is C55H95NO8. The summed E-state index contributed by atoms with van der Waals surface area (Å²) in [5.74, 6) is -2.34. The lowest BCUT2D eigenvalue weighted by atomic mass is 10.0. The van der Waals surface area contributed by atoms with Crippen molar-refractivity contribution < 1.29 is 42.9 Å². The Kier molecular flexibility index (Phi) is 43.9. The molecule has 0 rings (SSSR count). The van der Waals surface area contributed by atoms with Crippen LogP contribution in [0.4, 0.5) is 0 Å². The zero-order chi connectivity index (χ0) is 47.0. The van der Waals surface area contributed by atoms with Crippen molar-refractivity contribution >= 4 is 17.9 Å². The zero-order valence-corrected chi connectivity index (χ0v) is 41.6. The Morgan fingerprint density at radius 3 is 1.33 bits per heavy atom. The number of aliphatic carboxylic acids is 1. The second kappa shape index (κ2) is 46.3. The molecule has 0 saturated heterocycles. The maximum Gasteiger partial charge on any atom is 0.306 e. The SMILES string of the molecule is CC/C=C\C/C=C\C/C=C\C/C=C\C/C=C\C/C=C\CCCCC(=O)OC(COC(=O)CCCCCCCCCCCCCCCCCCCC)COC(OCC[N+](C)(C)C)C(=O)[O-]. The van der Waals surface area contributed by atoms with Crippen LogP contribution in [0.1, 0.15) is 200 Å². The summed E-state index contributed by atoms with van der Waals surface area (Å²) in [5, 5.41) is 11.7. The first-order chi connectivity index (χ1) is 31.1. The standard InChI is InChI=1S/C55H95NO8/c1-6-8-10-12-14-16-18-20-22-24-26-27-28-30-32-34-36-38-40-42-44-46-53(58)64-51(50-63-55(54(59)60)61-48-47-56(3,4)5)49-62-52(57)45-43-41-39-37-35-33-31-29-25-23-21-19-17-15-13-11-9-7-2/h8,10,14,16,20,22,26-27,30,32,36,38,51,55H,6-7,9,11-13,15,17-19,21,23-25,28-29,31,33-35,37,39-50H2,1-5H3/b10-8-,16-14-,22-20-,27-26-,32-30-,38-36-. The summed E-state index contributed by atoms with van der Waals surface area (Å²) in [4.78, 5) is 37.1. The number of nitrogens with zero attached hydrogens (tertiary/aromatic N) is 1. The lowest BCUT2D eigenvalue weighted by Gasteiger charge is -2.26. The fraction of sp³-hybridized carbons (Fsp3) is 0.727. The number of carboxylic acid groups (broad SMARTS) is 1. The molecule has 0 aromatic carbocycles. The molecule has 0 aromatic heterocycles. The van der Waals surface area contributed by atoms with E-state index in [1.165, 1.54) is 96.3 Å². The normalized spacial score (nSPS) is 13.5. The number of carbonyl (C=O) groups is 3. The summed E-state index contributed by atoms with van der Waals surface area (Å²) in [7, 11) is 5.90. The van der Waals surface area contributed by atoms with Crippen molar-refractivity contribution in [2.45, 2.75) is 212 Å². The van der Waals surface area contributed by atoms with Gasteiger partial charge in [-0.1, -0.05) is 196 Å². The van der Waals surface area contributed by atoms with E-state index in [9.17, 15) is 19.5 Å². The van der Waals surface area contributed by atoms with Crippen LogP contribution in [0.2, 0.25) is 0 Å². The summed E-state index contributed by atoms with van der Waals surface area (Å²) in [6, 6.07) is 0. The van der Waals surface area contributed by atoms with Gasteiger partial charge in [0.25, 0.3) is 0 Å². The van der Waals surface area contributed by atoms with Gasteiger partial charge in [-0.3, -0.25) is 9.59 Å². The average molecular weight is 898 g/mol. The van der Waals surface area contributed by atoms with Gasteiger partial charge in [-0.25, -0.2) is 0 Å². The molecule has 9 nitrogen and oxygen atoms in total. The number of quaternary nitrogens is 1. The van der Waals surface area contributed by atoms with Crippen molar-refractivity contribution in [3.8, 4) is 0 Å². The largest absolute Gasteiger partial charge is 0.545 e. The Bertz CT molecular complexity index is 1280. The Morgan fingerprint density at radius 1 is 0.484 bits per heavy atom. The molecule has 0 bridgehead atoms. The molecule has 0 fully saturated rings. The Balaban J connectivity index is 4.44. The second-order valence-corrected chi connectivity index (χ2v) is 18.1. The number of carboxylic acids is 1. The minimum absolute atomic E-state index is 0.137. The van der Waals surface area contributed by atoms with Crippen LogP contribution in [0.5, 0.6) is 0 Å². The molecule has 9 heteroatoms. The lowest BCUT2D eigenvalue weighted by molar-refractivity contribution is -0.870. The molecule has 0 N–H and O–H groups in total. The van der Waals surface area contributed by atoms with Crippen LogP contribution in [0.15, 0.2) is 72.9 Å². The summed E-state index contributed by atoms with van der Waals surface area (Å²) in [6.07, 6.45) is 55.1. The monoisotopic (exact) mass is 898 g/mol. The van der Waals surface area contributed by atoms with Gasteiger partial charge in [-0.05, 0) is 64.2 Å². The van der Waals surface area contributed by atoms with E-state index in [1.54, 1.807) is 0 Å². The molecule has 0 aliphatic rings. The first-order valence-electron chi connectivity index (χ1n) is 25.6. The summed E-state index contributed by atoms with van der Waals surface area (Å²) in [6.45, 7) is 4.58. The number of hydrogen-bond donors (Lipinski definition) is 0. The summed E-state index contributed by atoms with van der Waals surface area (Å²) < 4.78 is 22.6. The van der Waals surface area contributed by atoms with Crippen molar-refractivity contribution in [2.75, 3.05) is 47.5 Å². The highest BCUT2D eigenvalue weighted by molar-refractivity contribution is 5.70. The van der Waals surface area contributed by atoms with Gasteiger partial charge in [0.05, 0.1) is 40.3 Å². The van der Waals surface area contributed by atoms with Crippen LogP contribution in [-0.4, -0.2) is 82.3 Å². The van der Waals surface area contributed by atoms with Crippen LogP contribution in [-0.2, 0) is 33.3 Å². The number of unbranched alkanes of at least 4 members (excludes halogenated alkanes) is 19. The quantitative estimate of drug-likeness (QED) is 0.0195. The number of rotatable bonds is 46. The molecule has 0 aliphatic heterocycles. The van der Waals surface area contributed by atoms with Crippen molar-refractivity contribution in [1.82, 2.24) is 0 Å².